The number of halogens is 1. The predicted octanol–water partition coefficient (Wildman–Crippen LogP) is 6.69. The Kier molecular flexibility index (Phi) is 5.24. The first-order valence-electron chi connectivity index (χ1n) is 9.79. The lowest BCUT2D eigenvalue weighted by molar-refractivity contribution is 0.0726. The Bertz CT molecular complexity index is 1180. The highest BCUT2D eigenvalue weighted by Gasteiger charge is 2.36. The zero-order valence-electron chi connectivity index (χ0n) is 16.7. The molecule has 3 aromatic rings. The number of aryl methyl sites for hydroxylation is 1. The van der Waals surface area contributed by atoms with E-state index in [4.69, 9.17) is 25.4 Å². The van der Waals surface area contributed by atoms with Crippen molar-refractivity contribution in [2.75, 3.05) is 13.0 Å². The molecular weight excluding hydrogens is 441 g/mol. The van der Waals surface area contributed by atoms with Crippen LogP contribution >= 0.6 is 30.5 Å². The molecule has 0 radical (unpaired) electrons. The van der Waals surface area contributed by atoms with Crippen LogP contribution in [0.1, 0.15) is 39.7 Å². The van der Waals surface area contributed by atoms with Gasteiger partial charge >= 0.3 is 7.60 Å². The van der Waals surface area contributed by atoms with Crippen molar-refractivity contribution in [3.8, 4) is 17.0 Å². The van der Waals surface area contributed by atoms with Gasteiger partial charge in [0, 0.05) is 28.3 Å². The lowest BCUT2D eigenvalue weighted by Crippen LogP contribution is -2.17. The van der Waals surface area contributed by atoms with Crippen LogP contribution in [0.15, 0.2) is 35.8 Å². The Balaban J connectivity index is 1.40. The van der Waals surface area contributed by atoms with E-state index in [9.17, 15) is 4.57 Å². The summed E-state index contributed by atoms with van der Waals surface area (Å²) in [7, 11) is -3.42. The van der Waals surface area contributed by atoms with Crippen LogP contribution in [0.2, 0.25) is 5.02 Å². The lowest BCUT2D eigenvalue weighted by Gasteiger charge is -2.30. The van der Waals surface area contributed by atoms with Gasteiger partial charge in [-0.3, -0.25) is 9.09 Å². The summed E-state index contributed by atoms with van der Waals surface area (Å²) in [6.07, 6.45) is 1.01. The Hall–Kier alpha value is -1.69. The molecule has 2 heterocycles. The van der Waals surface area contributed by atoms with Crippen molar-refractivity contribution < 1.29 is 18.3 Å². The topological polar surface area (TPSA) is 57.7 Å². The Morgan fingerprint density at radius 1 is 1.33 bits per heavy atom. The minimum atomic E-state index is -3.42. The molecule has 30 heavy (non-hydrogen) atoms. The highest BCUT2D eigenvalue weighted by molar-refractivity contribution is 7.53. The summed E-state index contributed by atoms with van der Waals surface area (Å²) in [6, 6.07) is 9.42. The SMILES string of the molecule is Cc1cc(OC[P@]2(=O)OCC[C@@H](c3cccc(Cl)c3)O2)c2c(c1C)Cc1scnc1-2. The van der Waals surface area contributed by atoms with E-state index in [0.717, 1.165) is 28.8 Å². The van der Waals surface area contributed by atoms with Crippen LogP contribution in [0.3, 0.4) is 0 Å². The highest BCUT2D eigenvalue weighted by atomic mass is 35.5. The summed E-state index contributed by atoms with van der Waals surface area (Å²) in [5.74, 6) is 0.685. The van der Waals surface area contributed by atoms with Crippen LogP contribution in [0.25, 0.3) is 11.3 Å². The third kappa shape index (κ3) is 3.61. The molecule has 0 bridgehead atoms. The number of thiazole rings is 1. The van der Waals surface area contributed by atoms with Crippen molar-refractivity contribution in [1.29, 1.82) is 0 Å². The molecule has 5 rings (SSSR count). The van der Waals surface area contributed by atoms with E-state index in [2.05, 4.69) is 18.8 Å². The highest BCUT2D eigenvalue weighted by Crippen LogP contribution is 2.56. The van der Waals surface area contributed by atoms with E-state index in [0.29, 0.717) is 23.8 Å². The Labute approximate surface area is 184 Å². The summed E-state index contributed by atoms with van der Waals surface area (Å²) < 4.78 is 30.9. The number of benzene rings is 2. The molecule has 1 fully saturated rings. The molecule has 2 aliphatic rings. The van der Waals surface area contributed by atoms with Crippen molar-refractivity contribution >= 4 is 30.5 Å². The van der Waals surface area contributed by atoms with Crippen molar-refractivity contribution in [3.63, 3.8) is 0 Å². The maximum atomic E-state index is 13.3. The third-order valence-corrected chi connectivity index (χ3v) is 8.37. The minimum Gasteiger partial charge on any atom is -0.480 e. The number of ether oxygens (including phenoxy) is 1. The molecule has 0 saturated carbocycles. The van der Waals surface area contributed by atoms with E-state index >= 15 is 0 Å². The van der Waals surface area contributed by atoms with Crippen molar-refractivity contribution in [3.05, 3.63) is 68.0 Å². The Morgan fingerprint density at radius 2 is 2.20 bits per heavy atom. The van der Waals surface area contributed by atoms with Crippen molar-refractivity contribution in [1.82, 2.24) is 4.98 Å². The van der Waals surface area contributed by atoms with Gasteiger partial charge in [-0.1, -0.05) is 23.7 Å². The first-order chi connectivity index (χ1) is 14.4. The largest absolute Gasteiger partial charge is 0.480 e. The number of hydrogen-bond donors (Lipinski definition) is 0. The van der Waals surface area contributed by atoms with Gasteiger partial charge in [-0.2, -0.15) is 0 Å². The molecule has 2 aromatic carbocycles. The fourth-order valence-electron chi connectivity index (χ4n) is 4.03. The standard InChI is InChI=1S/C22H21ClNO4PS/c1-13-8-19(21-17(14(13)2)10-20-22(21)24-11-30-20)26-12-29(25)27-7-6-18(28-29)15-4-3-5-16(23)9-15/h3-5,8-9,11,18H,6-7,10,12H2,1-2H3/t18-,29-/m0/s1. The summed E-state index contributed by atoms with van der Waals surface area (Å²) in [4.78, 5) is 5.77. The van der Waals surface area contributed by atoms with Crippen molar-refractivity contribution in [2.24, 2.45) is 0 Å². The van der Waals surface area contributed by atoms with Crippen LogP contribution in [0, 0.1) is 13.8 Å². The van der Waals surface area contributed by atoms with Gasteiger partial charge in [0.05, 0.1) is 23.9 Å². The molecule has 5 nitrogen and oxygen atoms in total. The minimum absolute atomic E-state index is 0.140. The molecule has 8 heteroatoms. The zero-order chi connectivity index (χ0) is 20.9. The van der Waals surface area contributed by atoms with Gasteiger partial charge in [-0.25, -0.2) is 4.98 Å². The average molecular weight is 462 g/mol. The van der Waals surface area contributed by atoms with E-state index < -0.39 is 7.60 Å². The van der Waals surface area contributed by atoms with Gasteiger partial charge in [0.2, 0.25) is 0 Å². The molecule has 1 aliphatic carbocycles. The van der Waals surface area contributed by atoms with Gasteiger partial charge in [-0.05, 0) is 54.3 Å². The maximum Gasteiger partial charge on any atom is 0.368 e. The summed E-state index contributed by atoms with van der Waals surface area (Å²) in [5, 5.41) is 0.624. The second kappa shape index (κ2) is 7.77. The normalized spacial score (nSPS) is 22.6. The lowest BCUT2D eigenvalue weighted by atomic mass is 9.98. The molecule has 1 aliphatic heterocycles. The van der Waals surface area contributed by atoms with Gasteiger partial charge in [0.25, 0.3) is 0 Å². The molecule has 0 spiro atoms. The maximum absolute atomic E-state index is 13.3. The third-order valence-electron chi connectivity index (χ3n) is 5.71. The molecule has 156 valence electrons. The smallest absolute Gasteiger partial charge is 0.368 e. The molecule has 0 amide bonds. The second-order valence-electron chi connectivity index (χ2n) is 7.63. The summed E-state index contributed by atoms with van der Waals surface area (Å²) in [5.41, 5.74) is 8.35. The number of rotatable bonds is 4. The van der Waals surface area contributed by atoms with Crippen molar-refractivity contribution in [2.45, 2.75) is 32.8 Å². The predicted molar refractivity (Wildman–Crippen MR) is 119 cm³/mol. The van der Waals surface area contributed by atoms with Crippen LogP contribution < -0.4 is 4.74 Å². The fraction of sp³-hybridized carbons (Fsp3) is 0.318. The van der Waals surface area contributed by atoms with E-state index in [1.807, 2.05) is 29.8 Å². The average Bonchev–Trinajstić information content (AvgIpc) is 3.31. The van der Waals surface area contributed by atoms with E-state index in [1.54, 1.807) is 17.4 Å². The molecule has 0 N–H and O–H groups in total. The zero-order valence-corrected chi connectivity index (χ0v) is 19.2. The second-order valence-corrected chi connectivity index (χ2v) is 11.0. The first-order valence-corrected chi connectivity index (χ1v) is 12.8. The monoisotopic (exact) mass is 461 g/mol. The number of fused-ring (bicyclic) bond motifs is 3. The fourth-order valence-corrected chi connectivity index (χ4v) is 6.50. The molecule has 1 saturated heterocycles. The summed E-state index contributed by atoms with van der Waals surface area (Å²) >= 11 is 7.76. The van der Waals surface area contributed by atoms with Crippen LogP contribution in [-0.2, 0) is 20.0 Å². The Morgan fingerprint density at radius 3 is 3.03 bits per heavy atom. The molecule has 0 unspecified atom stereocenters. The van der Waals surface area contributed by atoms with Crippen LogP contribution in [0.5, 0.6) is 5.75 Å². The number of aromatic nitrogens is 1. The van der Waals surface area contributed by atoms with Gasteiger partial charge < -0.3 is 9.26 Å². The molecule has 1 aromatic heterocycles. The molecular formula is C22H21ClNO4PS. The van der Waals surface area contributed by atoms with Gasteiger partial charge in [0.15, 0.2) is 6.35 Å². The number of hydrogen-bond acceptors (Lipinski definition) is 6. The van der Waals surface area contributed by atoms with Gasteiger partial charge in [0.1, 0.15) is 5.75 Å². The molecule has 2 atom stereocenters. The quantitative estimate of drug-likeness (QED) is 0.317. The van der Waals surface area contributed by atoms with E-state index in [-0.39, 0.29) is 12.5 Å². The van der Waals surface area contributed by atoms with Gasteiger partial charge in [-0.15, -0.1) is 11.3 Å². The van der Waals surface area contributed by atoms with E-state index in [1.165, 1.54) is 16.0 Å². The number of nitrogens with zero attached hydrogens (tertiary/aromatic N) is 1. The van der Waals surface area contributed by atoms with Crippen LogP contribution in [-0.4, -0.2) is 17.9 Å². The first kappa shape index (κ1) is 20.2. The summed E-state index contributed by atoms with van der Waals surface area (Å²) in [6.45, 7) is 4.53. The van der Waals surface area contributed by atoms with Crippen LogP contribution in [0.4, 0.5) is 0 Å².